The molecule has 0 saturated carbocycles. The first-order valence-electron chi connectivity index (χ1n) is 3.09. The number of hydrogen-bond acceptors (Lipinski definition) is 2. The fourth-order valence-corrected chi connectivity index (χ4v) is 0.645. The molecule has 0 N–H and O–H groups in total. The van der Waals surface area contributed by atoms with Crippen LogP contribution in [0.2, 0.25) is 6.32 Å². The highest BCUT2D eigenvalue weighted by Gasteiger charge is 2.02. The van der Waals surface area contributed by atoms with Crippen molar-refractivity contribution in [3.8, 4) is 0 Å². The van der Waals surface area contributed by atoms with E-state index in [0.29, 0.717) is 0 Å². The topological polar surface area (TPSA) is 30.0 Å². The van der Waals surface area contributed by atoms with Crippen molar-refractivity contribution in [1.29, 1.82) is 0 Å². The molecule has 0 atom stereocenters. The summed E-state index contributed by atoms with van der Waals surface area (Å²) in [6.07, 6.45) is 0.890. The maximum Gasteiger partial charge on any atom is 0.172 e. The molecule has 0 unspecified atom stereocenters. The first-order valence-corrected chi connectivity index (χ1v) is 3.09. The number of halogens is 1. The Hall–Kier alpha value is -1.19. The maximum atomic E-state index is 12.2. The van der Waals surface area contributed by atoms with Crippen molar-refractivity contribution in [2.75, 3.05) is 0 Å². The third-order valence-corrected chi connectivity index (χ3v) is 1.20. The SMILES string of the molecule is [B]CC(=O)c1ccc(F)cn1. The van der Waals surface area contributed by atoms with Crippen LogP contribution in [0.4, 0.5) is 4.39 Å². The van der Waals surface area contributed by atoms with Crippen LogP contribution in [0, 0.1) is 5.82 Å². The third-order valence-electron chi connectivity index (χ3n) is 1.20. The maximum absolute atomic E-state index is 12.2. The van der Waals surface area contributed by atoms with E-state index in [1.165, 1.54) is 12.1 Å². The lowest BCUT2D eigenvalue weighted by atomic mass is 9.99. The average molecular weight is 149 g/mol. The van der Waals surface area contributed by atoms with Crippen molar-refractivity contribution in [3.05, 3.63) is 29.8 Å². The highest BCUT2D eigenvalue weighted by molar-refractivity contribution is 6.23. The quantitative estimate of drug-likeness (QED) is 0.463. The van der Waals surface area contributed by atoms with E-state index >= 15 is 0 Å². The highest BCUT2D eigenvalue weighted by atomic mass is 19.1. The molecule has 11 heavy (non-hydrogen) atoms. The van der Waals surface area contributed by atoms with E-state index < -0.39 is 5.82 Å². The largest absolute Gasteiger partial charge is 0.293 e. The van der Waals surface area contributed by atoms with Gasteiger partial charge in [0.05, 0.1) is 14.0 Å². The number of pyridine rings is 1. The molecular weight excluding hydrogens is 144 g/mol. The van der Waals surface area contributed by atoms with E-state index in [-0.39, 0.29) is 17.8 Å². The smallest absolute Gasteiger partial charge is 0.172 e. The summed E-state index contributed by atoms with van der Waals surface area (Å²) in [5.41, 5.74) is 0.203. The van der Waals surface area contributed by atoms with E-state index in [0.717, 1.165) is 6.20 Å². The van der Waals surface area contributed by atoms with Crippen molar-refractivity contribution >= 4 is 13.6 Å². The minimum absolute atomic E-state index is 0.0986. The molecule has 1 aromatic heterocycles. The Bertz CT molecular complexity index is 260. The second kappa shape index (κ2) is 3.28. The molecule has 1 rings (SSSR count). The van der Waals surface area contributed by atoms with Crippen molar-refractivity contribution < 1.29 is 9.18 Å². The second-order valence-electron chi connectivity index (χ2n) is 1.99. The Kier molecular flexibility index (Phi) is 2.36. The number of carbonyl (C=O) groups excluding carboxylic acids is 1. The molecule has 0 saturated heterocycles. The van der Waals surface area contributed by atoms with Gasteiger partial charge in [0.2, 0.25) is 0 Å². The monoisotopic (exact) mass is 149 g/mol. The number of aromatic nitrogens is 1. The van der Waals surface area contributed by atoms with Gasteiger partial charge in [-0.05, 0) is 18.5 Å². The standard InChI is InChI=1S/C7H5BFNO/c8-3-7(11)6-2-1-5(9)4-10-6/h1-2,4H,3H2. The number of ketones is 1. The van der Waals surface area contributed by atoms with E-state index in [4.69, 9.17) is 7.85 Å². The second-order valence-corrected chi connectivity index (χ2v) is 1.99. The van der Waals surface area contributed by atoms with E-state index in [1.54, 1.807) is 0 Å². The first kappa shape index (κ1) is 7.92. The van der Waals surface area contributed by atoms with Gasteiger partial charge in [-0.15, -0.1) is 0 Å². The summed E-state index contributed by atoms with van der Waals surface area (Å²) in [6.45, 7) is 0. The molecule has 2 radical (unpaired) electrons. The van der Waals surface area contributed by atoms with Gasteiger partial charge < -0.3 is 0 Å². The number of rotatable bonds is 2. The molecule has 0 amide bonds. The Morgan fingerprint density at radius 1 is 1.64 bits per heavy atom. The molecule has 4 heteroatoms. The van der Waals surface area contributed by atoms with Gasteiger partial charge in [-0.3, -0.25) is 9.78 Å². The van der Waals surface area contributed by atoms with E-state index in [1.807, 2.05) is 0 Å². The summed E-state index contributed by atoms with van der Waals surface area (Å²) in [7, 11) is 5.06. The Morgan fingerprint density at radius 3 is 2.82 bits per heavy atom. The van der Waals surface area contributed by atoms with Crippen molar-refractivity contribution in [2.45, 2.75) is 6.32 Å². The molecule has 2 nitrogen and oxygen atoms in total. The van der Waals surface area contributed by atoms with Crippen LogP contribution in [0.25, 0.3) is 0 Å². The molecule has 0 aliphatic carbocycles. The van der Waals surface area contributed by atoms with Crippen molar-refractivity contribution in [1.82, 2.24) is 4.98 Å². The third kappa shape index (κ3) is 1.87. The highest BCUT2D eigenvalue weighted by Crippen LogP contribution is 2.00. The molecule has 0 aliphatic rings. The van der Waals surface area contributed by atoms with Crippen LogP contribution in [0.15, 0.2) is 18.3 Å². The van der Waals surface area contributed by atoms with Crippen molar-refractivity contribution in [2.24, 2.45) is 0 Å². The Morgan fingerprint density at radius 2 is 2.36 bits per heavy atom. The molecule has 1 heterocycles. The van der Waals surface area contributed by atoms with Crippen molar-refractivity contribution in [3.63, 3.8) is 0 Å². The van der Waals surface area contributed by atoms with Crippen LogP contribution in [-0.4, -0.2) is 18.6 Å². The lowest BCUT2D eigenvalue weighted by Gasteiger charge is -1.94. The van der Waals surface area contributed by atoms with Gasteiger partial charge in [-0.2, -0.15) is 0 Å². The van der Waals surface area contributed by atoms with Crippen LogP contribution >= 0.6 is 0 Å². The summed E-state index contributed by atoms with van der Waals surface area (Å²) in [4.78, 5) is 14.4. The number of carbonyl (C=O) groups is 1. The van der Waals surface area contributed by atoms with Gasteiger partial charge in [-0.25, -0.2) is 4.39 Å². The zero-order valence-corrected chi connectivity index (χ0v) is 5.75. The van der Waals surface area contributed by atoms with Gasteiger partial charge in [0, 0.05) is 0 Å². The minimum Gasteiger partial charge on any atom is -0.293 e. The summed E-state index contributed by atoms with van der Waals surface area (Å²) in [5, 5.41) is 0. The Balaban J connectivity index is 2.90. The summed E-state index contributed by atoms with van der Waals surface area (Å²) < 4.78 is 12.2. The number of Topliss-reactive ketones (excluding diaryl/α,β-unsaturated/α-hetero) is 1. The van der Waals surface area contributed by atoms with Gasteiger partial charge in [0.25, 0.3) is 0 Å². The molecule has 0 aliphatic heterocycles. The van der Waals surface area contributed by atoms with E-state index in [9.17, 15) is 9.18 Å². The number of nitrogens with zero attached hydrogens (tertiary/aromatic N) is 1. The van der Waals surface area contributed by atoms with Crippen LogP contribution in [-0.2, 0) is 0 Å². The van der Waals surface area contributed by atoms with E-state index in [2.05, 4.69) is 4.98 Å². The normalized spacial score (nSPS) is 9.55. The fraction of sp³-hybridized carbons (Fsp3) is 0.143. The summed E-state index contributed by atoms with van der Waals surface area (Å²) in [5.74, 6) is -0.747. The van der Waals surface area contributed by atoms with Crippen LogP contribution in [0.5, 0.6) is 0 Å². The zero-order chi connectivity index (χ0) is 8.27. The number of hydrogen-bond donors (Lipinski definition) is 0. The molecule has 0 bridgehead atoms. The summed E-state index contributed by atoms with van der Waals surface area (Å²) >= 11 is 0. The molecule has 1 aromatic rings. The molecular formula is C7H5BFNO. The lowest BCUT2D eigenvalue weighted by molar-refractivity contribution is 0.101. The van der Waals surface area contributed by atoms with Crippen LogP contribution < -0.4 is 0 Å². The van der Waals surface area contributed by atoms with Gasteiger partial charge in [0.15, 0.2) is 5.78 Å². The summed E-state index contributed by atoms with van der Waals surface area (Å²) in [6, 6.07) is 2.49. The fourth-order valence-electron chi connectivity index (χ4n) is 0.645. The average Bonchev–Trinajstić information content (AvgIpc) is 2.05. The molecule has 0 spiro atoms. The van der Waals surface area contributed by atoms with Crippen LogP contribution in [0.3, 0.4) is 0 Å². The lowest BCUT2D eigenvalue weighted by Crippen LogP contribution is -2.00. The van der Waals surface area contributed by atoms with Crippen LogP contribution in [0.1, 0.15) is 10.5 Å². The zero-order valence-electron chi connectivity index (χ0n) is 5.75. The predicted octanol–water partition coefficient (Wildman–Crippen LogP) is 0.990. The van der Waals surface area contributed by atoms with Gasteiger partial charge >= 0.3 is 0 Å². The molecule has 54 valence electrons. The Labute approximate surface area is 64.9 Å². The first-order chi connectivity index (χ1) is 5.24. The van der Waals surface area contributed by atoms with Gasteiger partial charge in [0.1, 0.15) is 11.5 Å². The van der Waals surface area contributed by atoms with Gasteiger partial charge in [-0.1, -0.05) is 0 Å². The molecule has 0 aromatic carbocycles. The minimum atomic E-state index is -0.460. The predicted molar refractivity (Wildman–Crippen MR) is 39.1 cm³/mol. The molecule has 0 fully saturated rings.